The van der Waals surface area contributed by atoms with Crippen LogP contribution < -0.4 is 4.90 Å². The van der Waals surface area contributed by atoms with Gasteiger partial charge >= 0.3 is 0 Å². The summed E-state index contributed by atoms with van der Waals surface area (Å²) in [4.78, 5) is 24.1. The maximum absolute atomic E-state index is 13.3. The van der Waals surface area contributed by atoms with Gasteiger partial charge in [-0.15, -0.1) is 0 Å². The molecule has 1 saturated heterocycles. The van der Waals surface area contributed by atoms with E-state index >= 15 is 0 Å². The Kier molecular flexibility index (Phi) is 7.62. The Morgan fingerprint density at radius 1 is 0.725 bits per heavy atom. The number of rotatable bonds is 6. The number of fused-ring (bicyclic) bond motifs is 3. The number of hydrogen-bond donors (Lipinski definition) is 0. The molecule has 4 aromatic rings. The quantitative estimate of drug-likeness (QED) is 0.174. The summed E-state index contributed by atoms with van der Waals surface area (Å²) in [6, 6.07) is 31.2. The number of anilines is 1. The minimum Gasteiger partial charge on any atom is -0.335 e. The first-order valence-electron chi connectivity index (χ1n) is 13.5. The number of benzene rings is 4. The summed E-state index contributed by atoms with van der Waals surface area (Å²) >= 11 is 3.21. The first-order chi connectivity index (χ1) is 19.6. The zero-order valence-corrected chi connectivity index (χ0v) is 24.1. The summed E-state index contributed by atoms with van der Waals surface area (Å²) in [6.07, 6.45) is 8.22. The minimum absolute atomic E-state index is 0.000441. The van der Waals surface area contributed by atoms with Gasteiger partial charge in [-0.2, -0.15) is 0 Å². The lowest BCUT2D eigenvalue weighted by molar-refractivity contribution is -0.122. The van der Waals surface area contributed by atoms with Crippen LogP contribution in [0.25, 0.3) is 22.9 Å². The van der Waals surface area contributed by atoms with Crippen molar-refractivity contribution < 1.29 is 4.79 Å². The molecule has 6 rings (SSSR count). The Morgan fingerprint density at radius 2 is 1.43 bits per heavy atom. The summed E-state index contributed by atoms with van der Waals surface area (Å²) in [5, 5.41) is 4.34. The van der Waals surface area contributed by atoms with Crippen LogP contribution in [0.4, 0.5) is 11.4 Å². The molecule has 1 amide bonds. The summed E-state index contributed by atoms with van der Waals surface area (Å²) in [5.41, 5.74) is 4.32. The first-order valence-corrected chi connectivity index (χ1v) is 15.1. The Labute approximate surface area is 243 Å². The van der Waals surface area contributed by atoms with Crippen molar-refractivity contribution in [2.45, 2.75) is 18.7 Å². The summed E-state index contributed by atoms with van der Waals surface area (Å²) in [6.45, 7) is 5.58. The molecule has 40 heavy (non-hydrogen) atoms. The van der Waals surface area contributed by atoms with E-state index in [1.54, 1.807) is 16.7 Å². The van der Waals surface area contributed by atoms with E-state index in [1.165, 1.54) is 33.1 Å². The molecule has 4 nitrogen and oxygen atoms in total. The van der Waals surface area contributed by atoms with Crippen LogP contribution in [0.2, 0.25) is 0 Å². The normalized spacial score (nSPS) is 18.2. The standard InChI is InChI=1S/C34H29N3OS2/c1-3-36-29-21-18-26-12-8-9-13-28(26)32(29)40-31(36)23-22-30-33(38)37(4-2)34(39-30)35-27-19-16-25(17-20-27)15-14-24-10-6-5-7-11-24/h5-23H,3-4H2,1-2H3/b15-14-,30-22-,31-23+,35-34?. The second-order valence-electron chi connectivity index (χ2n) is 9.40. The smallest absolute Gasteiger partial charge is 0.266 e. The fraction of sp³-hybridized carbons (Fsp3) is 0.118. The Morgan fingerprint density at radius 3 is 2.17 bits per heavy atom. The maximum Gasteiger partial charge on any atom is 0.266 e. The van der Waals surface area contributed by atoms with Crippen LogP contribution in [-0.4, -0.2) is 29.1 Å². The molecule has 0 spiro atoms. The molecule has 0 aromatic heterocycles. The van der Waals surface area contributed by atoms with Gasteiger partial charge in [0.2, 0.25) is 0 Å². The van der Waals surface area contributed by atoms with E-state index in [2.05, 4.69) is 90.7 Å². The molecule has 4 aromatic carbocycles. The third kappa shape index (κ3) is 5.25. The lowest BCUT2D eigenvalue weighted by Gasteiger charge is -2.17. The van der Waals surface area contributed by atoms with Crippen molar-refractivity contribution >= 4 is 68.9 Å². The largest absolute Gasteiger partial charge is 0.335 e. The predicted octanol–water partition coefficient (Wildman–Crippen LogP) is 8.95. The number of allylic oxidation sites excluding steroid dienone is 2. The molecule has 0 unspecified atom stereocenters. The van der Waals surface area contributed by atoms with Gasteiger partial charge < -0.3 is 4.90 Å². The van der Waals surface area contributed by atoms with Crippen molar-refractivity contribution in [3.63, 3.8) is 0 Å². The molecule has 198 valence electrons. The molecular weight excluding hydrogens is 531 g/mol. The highest BCUT2D eigenvalue weighted by Gasteiger charge is 2.32. The van der Waals surface area contributed by atoms with E-state index in [4.69, 9.17) is 4.99 Å². The van der Waals surface area contributed by atoms with Gasteiger partial charge in [0.15, 0.2) is 5.17 Å². The highest BCUT2D eigenvalue weighted by Crippen LogP contribution is 2.49. The van der Waals surface area contributed by atoms with Crippen molar-refractivity contribution in [1.29, 1.82) is 0 Å². The van der Waals surface area contributed by atoms with Crippen molar-refractivity contribution in [2.24, 2.45) is 4.99 Å². The van der Waals surface area contributed by atoms with Crippen LogP contribution in [0.1, 0.15) is 25.0 Å². The number of amides is 1. The van der Waals surface area contributed by atoms with Crippen molar-refractivity contribution in [1.82, 2.24) is 4.90 Å². The Balaban J connectivity index is 1.22. The second kappa shape index (κ2) is 11.6. The Hall–Kier alpha value is -4.00. The molecule has 0 aliphatic carbocycles. The molecule has 2 heterocycles. The van der Waals surface area contributed by atoms with E-state index in [0.717, 1.165) is 28.4 Å². The van der Waals surface area contributed by atoms with Gasteiger partial charge in [-0.1, -0.05) is 96.7 Å². The summed E-state index contributed by atoms with van der Waals surface area (Å²) < 4.78 is 0. The number of hydrogen-bond acceptors (Lipinski definition) is 5. The molecule has 2 aliphatic rings. The van der Waals surface area contributed by atoms with Gasteiger partial charge in [-0.05, 0) is 77.9 Å². The lowest BCUT2D eigenvalue weighted by atomic mass is 10.1. The van der Waals surface area contributed by atoms with Crippen LogP contribution in [0.3, 0.4) is 0 Å². The fourth-order valence-electron chi connectivity index (χ4n) is 4.84. The summed E-state index contributed by atoms with van der Waals surface area (Å²) in [5.74, 6) is -0.000441. The van der Waals surface area contributed by atoms with E-state index in [-0.39, 0.29) is 5.91 Å². The number of carbonyl (C=O) groups excluding carboxylic acids is 1. The van der Waals surface area contributed by atoms with Gasteiger partial charge in [-0.3, -0.25) is 9.69 Å². The molecule has 0 N–H and O–H groups in total. The van der Waals surface area contributed by atoms with Gasteiger partial charge in [0.1, 0.15) is 0 Å². The monoisotopic (exact) mass is 559 g/mol. The lowest BCUT2D eigenvalue weighted by Crippen LogP contribution is -2.28. The predicted molar refractivity (Wildman–Crippen MR) is 173 cm³/mol. The number of thioether (sulfide) groups is 2. The van der Waals surface area contributed by atoms with Crippen LogP contribution in [0.15, 0.2) is 123 Å². The van der Waals surface area contributed by atoms with E-state index in [0.29, 0.717) is 16.6 Å². The van der Waals surface area contributed by atoms with Crippen LogP contribution in [0.5, 0.6) is 0 Å². The Bertz CT molecular complexity index is 1690. The number of amidine groups is 1. The molecule has 0 radical (unpaired) electrons. The third-order valence-corrected chi connectivity index (χ3v) is 9.13. The van der Waals surface area contributed by atoms with Gasteiger partial charge in [0.25, 0.3) is 5.91 Å². The molecule has 6 heteroatoms. The minimum atomic E-state index is -0.000441. The van der Waals surface area contributed by atoms with Gasteiger partial charge in [0.05, 0.1) is 21.3 Å². The highest BCUT2D eigenvalue weighted by molar-refractivity contribution is 8.18. The average Bonchev–Trinajstić information content (AvgIpc) is 3.52. The molecule has 0 saturated carbocycles. The highest BCUT2D eigenvalue weighted by atomic mass is 32.2. The van der Waals surface area contributed by atoms with E-state index in [1.807, 2.05) is 43.3 Å². The summed E-state index contributed by atoms with van der Waals surface area (Å²) in [7, 11) is 0. The van der Waals surface area contributed by atoms with E-state index < -0.39 is 0 Å². The van der Waals surface area contributed by atoms with Crippen molar-refractivity contribution in [2.75, 3.05) is 18.0 Å². The molecular formula is C34H29N3OS2. The van der Waals surface area contributed by atoms with Gasteiger partial charge in [-0.25, -0.2) is 4.99 Å². The van der Waals surface area contributed by atoms with Crippen LogP contribution >= 0.6 is 23.5 Å². The molecule has 0 atom stereocenters. The maximum atomic E-state index is 13.3. The SMILES string of the molecule is CCN1C(=O)/C(=C/C=C2/Sc3c(ccc4ccccc34)N2CC)SC1=Nc1ccc(/C=C\c2ccccc2)cc1. The zero-order valence-electron chi connectivity index (χ0n) is 22.5. The number of likely N-dealkylation sites (N-methyl/N-ethyl adjacent to an activating group) is 1. The second-order valence-corrected chi connectivity index (χ2v) is 11.4. The average molecular weight is 560 g/mol. The van der Waals surface area contributed by atoms with Crippen molar-refractivity contribution in [3.05, 3.63) is 124 Å². The zero-order chi connectivity index (χ0) is 27.5. The molecule has 1 fully saturated rings. The molecule has 2 aliphatic heterocycles. The first kappa shape index (κ1) is 26.2. The van der Waals surface area contributed by atoms with Crippen LogP contribution in [0, 0.1) is 0 Å². The number of aliphatic imine (C=N–C) groups is 1. The number of nitrogens with zero attached hydrogens (tertiary/aromatic N) is 3. The van der Waals surface area contributed by atoms with Crippen LogP contribution in [-0.2, 0) is 4.79 Å². The van der Waals surface area contributed by atoms with E-state index in [9.17, 15) is 4.79 Å². The number of carbonyl (C=O) groups is 1. The van der Waals surface area contributed by atoms with Crippen molar-refractivity contribution in [3.8, 4) is 0 Å². The third-order valence-electron chi connectivity index (χ3n) is 6.91. The fourth-order valence-corrected chi connectivity index (χ4v) is 7.10. The topological polar surface area (TPSA) is 35.9 Å². The van der Waals surface area contributed by atoms with Gasteiger partial charge in [0, 0.05) is 18.0 Å². The molecule has 0 bridgehead atoms.